The van der Waals surface area contributed by atoms with Gasteiger partial charge < -0.3 is 15.5 Å². The molecule has 0 aliphatic carbocycles. The molecule has 0 radical (unpaired) electrons. The maximum Gasteiger partial charge on any atom is 0.220 e. The Labute approximate surface area is 292 Å². The van der Waals surface area contributed by atoms with E-state index in [2.05, 4.69) is 79.9 Å². The van der Waals surface area contributed by atoms with Gasteiger partial charge >= 0.3 is 0 Å². The number of unbranched alkanes of at least 4 members (excludes halogenated alkanes) is 18. The van der Waals surface area contributed by atoms with Crippen molar-refractivity contribution in [3.05, 3.63) is 60.8 Å². The van der Waals surface area contributed by atoms with Gasteiger partial charge in [0.2, 0.25) is 5.91 Å². The number of nitrogens with one attached hydrogen (secondary N) is 1. The molecule has 4 nitrogen and oxygen atoms in total. The van der Waals surface area contributed by atoms with Gasteiger partial charge in [0, 0.05) is 6.42 Å². The van der Waals surface area contributed by atoms with E-state index in [1.807, 2.05) is 0 Å². The van der Waals surface area contributed by atoms with E-state index in [1.165, 1.54) is 109 Å². The van der Waals surface area contributed by atoms with Crippen molar-refractivity contribution in [2.75, 3.05) is 6.61 Å². The molecule has 0 aromatic carbocycles. The molecule has 0 saturated heterocycles. The largest absolute Gasteiger partial charge is 0.394 e. The molecule has 1 amide bonds. The first-order valence-electron chi connectivity index (χ1n) is 20.0. The van der Waals surface area contributed by atoms with Crippen LogP contribution in [0.15, 0.2) is 60.8 Å². The number of rotatable bonds is 35. The second-order valence-electron chi connectivity index (χ2n) is 13.3. The lowest BCUT2D eigenvalue weighted by Gasteiger charge is -2.22. The summed E-state index contributed by atoms with van der Waals surface area (Å²) in [4.78, 5) is 12.3. The third-order valence-corrected chi connectivity index (χ3v) is 8.75. The molecule has 0 rings (SSSR count). The summed E-state index contributed by atoms with van der Waals surface area (Å²) >= 11 is 0. The number of aliphatic hydroxyl groups excluding tert-OH is 2. The summed E-state index contributed by atoms with van der Waals surface area (Å²) < 4.78 is 0. The molecule has 2 atom stereocenters. The van der Waals surface area contributed by atoms with Gasteiger partial charge in [-0.25, -0.2) is 0 Å². The minimum absolute atomic E-state index is 0.0975. The van der Waals surface area contributed by atoms with Crippen LogP contribution in [-0.4, -0.2) is 34.9 Å². The van der Waals surface area contributed by atoms with E-state index in [4.69, 9.17) is 0 Å². The zero-order chi connectivity index (χ0) is 34.3. The topological polar surface area (TPSA) is 69.6 Å². The molecule has 47 heavy (non-hydrogen) atoms. The molecule has 0 spiro atoms. The highest BCUT2D eigenvalue weighted by Crippen LogP contribution is 2.12. The van der Waals surface area contributed by atoms with Crippen LogP contribution in [0.25, 0.3) is 0 Å². The average molecular weight is 656 g/mol. The molecular formula is C43H77NO3. The maximum atomic E-state index is 12.3. The van der Waals surface area contributed by atoms with E-state index in [-0.39, 0.29) is 12.5 Å². The van der Waals surface area contributed by atoms with Gasteiger partial charge in [-0.1, -0.05) is 164 Å². The van der Waals surface area contributed by atoms with Crippen LogP contribution in [0.1, 0.15) is 187 Å². The van der Waals surface area contributed by atoms with Crippen molar-refractivity contribution >= 4 is 5.91 Å². The zero-order valence-electron chi connectivity index (χ0n) is 31.0. The van der Waals surface area contributed by atoms with E-state index in [0.717, 1.165) is 51.4 Å². The number of carbonyl (C=O) groups excluding carboxylic acids is 1. The first-order valence-corrected chi connectivity index (χ1v) is 20.0. The van der Waals surface area contributed by atoms with E-state index < -0.39 is 12.1 Å². The van der Waals surface area contributed by atoms with Crippen LogP contribution in [0.3, 0.4) is 0 Å². The lowest BCUT2D eigenvalue weighted by atomic mass is 10.0. The summed E-state index contributed by atoms with van der Waals surface area (Å²) in [6.07, 6.45) is 52.9. The van der Waals surface area contributed by atoms with E-state index in [0.29, 0.717) is 12.8 Å². The SMILES string of the molecule is CCCCCCCCC/C=C/C/C=C/C/C=C/C/C=C/CCCC(=O)N[C@@H](CO)[C@H](O)CCCC/C=C/CCCCCCCCCC. The van der Waals surface area contributed by atoms with E-state index in [9.17, 15) is 15.0 Å². The molecular weight excluding hydrogens is 578 g/mol. The summed E-state index contributed by atoms with van der Waals surface area (Å²) in [7, 11) is 0. The van der Waals surface area contributed by atoms with Gasteiger partial charge in [-0.05, 0) is 77.0 Å². The van der Waals surface area contributed by atoms with Crippen LogP contribution in [0.5, 0.6) is 0 Å². The van der Waals surface area contributed by atoms with Crippen molar-refractivity contribution in [1.29, 1.82) is 0 Å². The van der Waals surface area contributed by atoms with Gasteiger partial charge in [0.1, 0.15) is 0 Å². The Bertz CT molecular complexity index is 797. The van der Waals surface area contributed by atoms with Crippen molar-refractivity contribution in [2.45, 2.75) is 199 Å². The fraction of sp³-hybridized carbons (Fsp3) is 0.744. The molecule has 0 aromatic rings. The van der Waals surface area contributed by atoms with Gasteiger partial charge in [-0.2, -0.15) is 0 Å². The second kappa shape index (κ2) is 38.5. The monoisotopic (exact) mass is 656 g/mol. The van der Waals surface area contributed by atoms with E-state index >= 15 is 0 Å². The number of hydrogen-bond donors (Lipinski definition) is 3. The Hall–Kier alpha value is -1.91. The third kappa shape index (κ3) is 35.2. The summed E-state index contributed by atoms with van der Waals surface area (Å²) in [6, 6.07) is -0.583. The Morgan fingerprint density at radius 2 is 0.872 bits per heavy atom. The Morgan fingerprint density at radius 1 is 0.511 bits per heavy atom. The van der Waals surface area contributed by atoms with Crippen molar-refractivity contribution in [2.24, 2.45) is 0 Å². The molecule has 3 N–H and O–H groups in total. The van der Waals surface area contributed by atoms with Gasteiger partial charge in [0.05, 0.1) is 18.8 Å². The number of aliphatic hydroxyl groups is 2. The van der Waals surface area contributed by atoms with Crippen molar-refractivity contribution in [1.82, 2.24) is 5.32 Å². The third-order valence-electron chi connectivity index (χ3n) is 8.75. The van der Waals surface area contributed by atoms with E-state index in [1.54, 1.807) is 0 Å². The standard InChI is InChI=1S/C43H77NO3/c1-3-5-7-9-11-13-15-17-19-20-21-22-23-24-25-27-29-31-33-35-37-39-43(47)44-41(40-45)42(46)38-36-34-32-30-28-26-18-16-14-12-10-8-6-4-2/h19-20,22-23,25,27-28,30-31,33,41-42,45-46H,3-18,21,24,26,29,32,34-40H2,1-2H3,(H,44,47)/b20-19+,23-22+,27-25+,30-28+,33-31+/t41-,42+/m0/s1. The number of allylic oxidation sites excluding steroid dienone is 10. The van der Waals surface area contributed by atoms with Gasteiger partial charge in [0.25, 0.3) is 0 Å². The molecule has 0 unspecified atom stereocenters. The van der Waals surface area contributed by atoms with Crippen LogP contribution < -0.4 is 5.32 Å². The van der Waals surface area contributed by atoms with Gasteiger partial charge in [-0.15, -0.1) is 0 Å². The first kappa shape index (κ1) is 45.1. The number of carbonyl (C=O) groups is 1. The molecule has 0 bridgehead atoms. The average Bonchev–Trinajstić information content (AvgIpc) is 3.07. The lowest BCUT2D eigenvalue weighted by Crippen LogP contribution is -2.45. The summed E-state index contributed by atoms with van der Waals surface area (Å²) in [6.45, 7) is 4.30. The van der Waals surface area contributed by atoms with Crippen molar-refractivity contribution < 1.29 is 15.0 Å². The fourth-order valence-corrected chi connectivity index (χ4v) is 5.64. The molecule has 272 valence electrons. The minimum atomic E-state index is -0.706. The van der Waals surface area contributed by atoms with Crippen LogP contribution in [0.2, 0.25) is 0 Å². The smallest absolute Gasteiger partial charge is 0.220 e. The van der Waals surface area contributed by atoms with Crippen LogP contribution in [-0.2, 0) is 4.79 Å². The zero-order valence-corrected chi connectivity index (χ0v) is 31.0. The first-order chi connectivity index (χ1) is 23.2. The molecule has 0 saturated carbocycles. The molecule has 0 aliphatic rings. The minimum Gasteiger partial charge on any atom is -0.394 e. The fourth-order valence-electron chi connectivity index (χ4n) is 5.64. The highest BCUT2D eigenvalue weighted by atomic mass is 16.3. The van der Waals surface area contributed by atoms with Crippen LogP contribution >= 0.6 is 0 Å². The maximum absolute atomic E-state index is 12.3. The Kier molecular flexibility index (Phi) is 37.0. The summed E-state index contributed by atoms with van der Waals surface area (Å²) in [5.74, 6) is -0.0975. The summed E-state index contributed by atoms with van der Waals surface area (Å²) in [5.41, 5.74) is 0. The number of amides is 1. The molecule has 4 heteroatoms. The Balaban J connectivity index is 3.73. The van der Waals surface area contributed by atoms with Crippen LogP contribution in [0, 0.1) is 0 Å². The normalized spacial score (nSPS) is 13.7. The molecule has 0 heterocycles. The van der Waals surface area contributed by atoms with Crippen molar-refractivity contribution in [3.63, 3.8) is 0 Å². The van der Waals surface area contributed by atoms with Crippen molar-refractivity contribution in [3.8, 4) is 0 Å². The second-order valence-corrected chi connectivity index (χ2v) is 13.3. The number of hydrogen-bond acceptors (Lipinski definition) is 3. The highest BCUT2D eigenvalue weighted by molar-refractivity contribution is 5.76. The van der Waals surface area contributed by atoms with Gasteiger partial charge in [0.15, 0.2) is 0 Å². The Morgan fingerprint density at radius 3 is 1.32 bits per heavy atom. The summed E-state index contributed by atoms with van der Waals surface area (Å²) in [5, 5.41) is 23.0. The van der Waals surface area contributed by atoms with Gasteiger partial charge in [-0.3, -0.25) is 4.79 Å². The molecule has 0 fully saturated rings. The molecule has 0 aromatic heterocycles. The lowest BCUT2D eigenvalue weighted by molar-refractivity contribution is -0.123. The quantitative estimate of drug-likeness (QED) is 0.0470. The molecule has 0 aliphatic heterocycles. The predicted octanol–water partition coefficient (Wildman–Crippen LogP) is 12.2. The predicted molar refractivity (Wildman–Crippen MR) is 207 cm³/mol. The highest BCUT2D eigenvalue weighted by Gasteiger charge is 2.19. The van der Waals surface area contributed by atoms with Crippen LogP contribution in [0.4, 0.5) is 0 Å².